The van der Waals surface area contributed by atoms with E-state index in [-0.39, 0.29) is 0 Å². The van der Waals surface area contributed by atoms with Crippen LogP contribution in [0.4, 0.5) is 10.7 Å². The van der Waals surface area contributed by atoms with Gasteiger partial charge in [0.05, 0.1) is 6.20 Å². The molecule has 0 unspecified atom stereocenters. The zero-order valence-electron chi connectivity index (χ0n) is 9.96. The number of aryl methyl sites for hydroxylation is 2. The van der Waals surface area contributed by atoms with Crippen LogP contribution in [0.3, 0.4) is 0 Å². The first-order chi connectivity index (χ1) is 8.24. The topological polar surface area (TPSA) is 24.9 Å². The maximum Gasteiger partial charge on any atom is 0.185 e. The Morgan fingerprint density at radius 1 is 1.24 bits per heavy atom. The fourth-order valence-corrected chi connectivity index (χ4v) is 2.68. The number of para-hydroxylation sites is 1. The van der Waals surface area contributed by atoms with Crippen molar-refractivity contribution in [3.63, 3.8) is 0 Å². The van der Waals surface area contributed by atoms with Gasteiger partial charge in [0, 0.05) is 5.69 Å². The van der Waals surface area contributed by atoms with Crippen LogP contribution in [0.25, 0.3) is 0 Å². The fourth-order valence-electron chi connectivity index (χ4n) is 1.84. The van der Waals surface area contributed by atoms with Gasteiger partial charge in [-0.05, 0) is 24.0 Å². The fraction of sp³-hybridized carbons (Fsp3) is 0.308. The summed E-state index contributed by atoms with van der Waals surface area (Å²) in [7, 11) is 0. The highest BCUT2D eigenvalue weighted by atomic mass is 35.5. The van der Waals surface area contributed by atoms with Crippen LogP contribution in [-0.2, 0) is 12.8 Å². The molecule has 0 saturated carbocycles. The zero-order valence-corrected chi connectivity index (χ0v) is 11.5. The largest absolute Gasteiger partial charge is 0.345 e. The zero-order chi connectivity index (χ0) is 12.3. The number of thiazole rings is 1. The summed E-state index contributed by atoms with van der Waals surface area (Å²) in [6.45, 7) is 4.33. The highest BCUT2D eigenvalue weighted by molar-refractivity contribution is 7.19. The Morgan fingerprint density at radius 3 is 2.35 bits per heavy atom. The summed E-state index contributed by atoms with van der Waals surface area (Å²) in [6.07, 6.45) is 3.81. The van der Waals surface area contributed by atoms with Crippen LogP contribution in [0, 0.1) is 0 Å². The molecule has 0 aliphatic carbocycles. The number of nitrogens with zero attached hydrogens (tertiary/aromatic N) is 1. The number of halogens is 1. The van der Waals surface area contributed by atoms with Crippen molar-refractivity contribution in [3.05, 3.63) is 40.0 Å². The van der Waals surface area contributed by atoms with Crippen molar-refractivity contribution in [2.24, 2.45) is 0 Å². The monoisotopic (exact) mass is 266 g/mol. The molecule has 0 amide bonds. The van der Waals surface area contributed by atoms with Crippen LogP contribution < -0.4 is 5.32 Å². The Hall–Kier alpha value is -1.06. The number of anilines is 2. The third-order valence-electron chi connectivity index (χ3n) is 2.72. The molecule has 2 rings (SSSR count). The predicted molar refractivity (Wildman–Crippen MR) is 75.6 cm³/mol. The second kappa shape index (κ2) is 5.52. The van der Waals surface area contributed by atoms with Crippen molar-refractivity contribution in [1.82, 2.24) is 4.98 Å². The Morgan fingerprint density at radius 2 is 1.88 bits per heavy atom. The standard InChI is InChI=1S/C13H15ClN2S/c1-3-9-6-5-7-10(4-2)12(9)16-11-8-15-13(14)17-11/h5-8,16H,3-4H2,1-2H3. The third-order valence-corrected chi connectivity index (χ3v) is 3.75. The molecule has 1 heterocycles. The van der Waals surface area contributed by atoms with Crippen LogP contribution in [-0.4, -0.2) is 4.98 Å². The van der Waals surface area contributed by atoms with Crippen molar-refractivity contribution in [1.29, 1.82) is 0 Å². The lowest BCUT2D eigenvalue weighted by atomic mass is 10.0. The van der Waals surface area contributed by atoms with E-state index in [1.807, 2.05) is 0 Å². The van der Waals surface area contributed by atoms with Gasteiger partial charge in [0.15, 0.2) is 4.47 Å². The maximum absolute atomic E-state index is 5.84. The van der Waals surface area contributed by atoms with Crippen molar-refractivity contribution in [2.75, 3.05) is 5.32 Å². The van der Waals surface area contributed by atoms with Crippen LogP contribution in [0.15, 0.2) is 24.4 Å². The average Bonchev–Trinajstić information content (AvgIpc) is 2.75. The molecular weight excluding hydrogens is 252 g/mol. The lowest BCUT2D eigenvalue weighted by molar-refractivity contribution is 1.09. The van der Waals surface area contributed by atoms with E-state index in [1.54, 1.807) is 6.20 Å². The Kier molecular flexibility index (Phi) is 4.02. The first-order valence-corrected chi connectivity index (χ1v) is 6.93. The highest BCUT2D eigenvalue weighted by Gasteiger charge is 2.07. The SMILES string of the molecule is CCc1cccc(CC)c1Nc1cnc(Cl)s1. The summed E-state index contributed by atoms with van der Waals surface area (Å²) in [5.41, 5.74) is 3.86. The molecule has 17 heavy (non-hydrogen) atoms. The van der Waals surface area contributed by atoms with E-state index in [0.29, 0.717) is 4.47 Å². The van der Waals surface area contributed by atoms with Crippen LogP contribution in [0.1, 0.15) is 25.0 Å². The van der Waals surface area contributed by atoms with Crippen LogP contribution in [0.5, 0.6) is 0 Å². The number of aromatic nitrogens is 1. The van der Waals surface area contributed by atoms with Gasteiger partial charge in [0.2, 0.25) is 0 Å². The van der Waals surface area contributed by atoms with E-state index in [0.717, 1.165) is 17.8 Å². The predicted octanol–water partition coefficient (Wildman–Crippen LogP) is 4.66. The molecule has 1 aromatic heterocycles. The normalized spacial score (nSPS) is 10.5. The highest BCUT2D eigenvalue weighted by Crippen LogP contribution is 2.30. The van der Waals surface area contributed by atoms with E-state index in [4.69, 9.17) is 11.6 Å². The van der Waals surface area contributed by atoms with Gasteiger partial charge in [-0.3, -0.25) is 0 Å². The molecule has 0 aliphatic heterocycles. The van der Waals surface area contributed by atoms with E-state index in [1.165, 1.54) is 28.2 Å². The molecule has 4 heteroatoms. The Balaban J connectivity index is 2.36. The first-order valence-electron chi connectivity index (χ1n) is 5.73. The molecule has 0 saturated heterocycles. The lowest BCUT2D eigenvalue weighted by Crippen LogP contribution is -1.98. The number of hydrogen-bond acceptors (Lipinski definition) is 3. The number of nitrogens with one attached hydrogen (secondary N) is 1. The number of hydrogen-bond donors (Lipinski definition) is 1. The maximum atomic E-state index is 5.84. The third kappa shape index (κ3) is 2.79. The summed E-state index contributed by atoms with van der Waals surface area (Å²) >= 11 is 7.31. The molecule has 0 fully saturated rings. The Labute approximate surface area is 111 Å². The van der Waals surface area contributed by atoms with Gasteiger partial charge in [0.25, 0.3) is 0 Å². The van der Waals surface area contributed by atoms with Gasteiger partial charge in [-0.2, -0.15) is 0 Å². The van der Waals surface area contributed by atoms with Crippen molar-refractivity contribution >= 4 is 33.6 Å². The number of benzene rings is 1. The van der Waals surface area contributed by atoms with Crippen molar-refractivity contribution < 1.29 is 0 Å². The molecular formula is C13H15ClN2S. The molecule has 0 bridgehead atoms. The minimum absolute atomic E-state index is 0.569. The van der Waals surface area contributed by atoms with Gasteiger partial charge in [-0.15, -0.1) is 0 Å². The summed E-state index contributed by atoms with van der Waals surface area (Å²) in [6, 6.07) is 6.43. The van der Waals surface area contributed by atoms with Gasteiger partial charge in [-0.1, -0.05) is 55.0 Å². The van der Waals surface area contributed by atoms with Crippen molar-refractivity contribution in [3.8, 4) is 0 Å². The van der Waals surface area contributed by atoms with E-state index >= 15 is 0 Å². The molecule has 90 valence electrons. The van der Waals surface area contributed by atoms with Crippen molar-refractivity contribution in [2.45, 2.75) is 26.7 Å². The average molecular weight is 267 g/mol. The smallest absolute Gasteiger partial charge is 0.185 e. The minimum Gasteiger partial charge on any atom is -0.345 e. The summed E-state index contributed by atoms with van der Waals surface area (Å²) in [5, 5.41) is 4.43. The van der Waals surface area contributed by atoms with Gasteiger partial charge in [-0.25, -0.2) is 4.98 Å². The lowest BCUT2D eigenvalue weighted by Gasteiger charge is -2.13. The summed E-state index contributed by atoms with van der Waals surface area (Å²) in [5.74, 6) is 0. The molecule has 0 spiro atoms. The summed E-state index contributed by atoms with van der Waals surface area (Å²) in [4.78, 5) is 4.05. The molecule has 1 aromatic carbocycles. The van der Waals surface area contributed by atoms with Gasteiger partial charge < -0.3 is 5.32 Å². The summed E-state index contributed by atoms with van der Waals surface area (Å²) < 4.78 is 0.569. The van der Waals surface area contributed by atoms with Crippen LogP contribution in [0.2, 0.25) is 4.47 Å². The molecule has 2 nitrogen and oxygen atoms in total. The van der Waals surface area contributed by atoms with E-state index < -0.39 is 0 Å². The van der Waals surface area contributed by atoms with E-state index in [9.17, 15) is 0 Å². The molecule has 2 aromatic rings. The second-order valence-electron chi connectivity index (χ2n) is 3.76. The molecule has 1 N–H and O–H groups in total. The quantitative estimate of drug-likeness (QED) is 0.870. The van der Waals surface area contributed by atoms with Crippen LogP contribution >= 0.6 is 22.9 Å². The van der Waals surface area contributed by atoms with E-state index in [2.05, 4.69) is 42.3 Å². The van der Waals surface area contributed by atoms with Gasteiger partial charge >= 0.3 is 0 Å². The molecule has 0 atom stereocenters. The molecule has 0 aliphatic rings. The molecule has 0 radical (unpaired) electrons. The minimum atomic E-state index is 0.569. The first kappa shape index (κ1) is 12.4. The Bertz CT molecular complexity index is 486. The van der Waals surface area contributed by atoms with Gasteiger partial charge in [0.1, 0.15) is 5.00 Å². The second-order valence-corrected chi connectivity index (χ2v) is 5.37. The number of rotatable bonds is 4.